The number of aliphatic hydroxyl groups is 8. The van der Waals surface area contributed by atoms with Crippen LogP contribution in [-0.2, 0) is 14.2 Å². The minimum absolute atomic E-state index is 0.0640. The van der Waals surface area contributed by atoms with E-state index >= 15 is 0 Å². The van der Waals surface area contributed by atoms with Crippen LogP contribution in [0.2, 0.25) is 0 Å². The van der Waals surface area contributed by atoms with Gasteiger partial charge in [0.2, 0.25) is 0 Å². The number of rotatable bonds is 7. The van der Waals surface area contributed by atoms with Gasteiger partial charge in [0.15, 0.2) is 6.29 Å². The second-order valence-electron chi connectivity index (χ2n) is 7.84. The smallest absolute Gasteiger partial charge is 0.187 e. The van der Waals surface area contributed by atoms with Gasteiger partial charge in [-0.2, -0.15) is 0 Å². The predicted octanol–water partition coefficient (Wildman–Crippen LogP) is -3.22. The summed E-state index contributed by atoms with van der Waals surface area (Å²) in [6, 6.07) is 8.67. The molecule has 0 bridgehead atoms. The lowest BCUT2D eigenvalue weighted by Gasteiger charge is -2.46. The SMILES string of the molecule is OC[C@H]1O[C@@H](O[C@H]2[C@H](O)[C@@H](O)C(CC(O)c3ccccc3)O[C@@H]2CO)[C@H](O)[C@@H](O)[C@H]1O. The summed E-state index contributed by atoms with van der Waals surface area (Å²) >= 11 is 0. The van der Waals surface area contributed by atoms with Gasteiger partial charge in [0, 0.05) is 6.42 Å². The molecule has 2 saturated heterocycles. The summed E-state index contributed by atoms with van der Waals surface area (Å²) in [6.45, 7) is -1.29. The zero-order valence-electron chi connectivity index (χ0n) is 16.7. The van der Waals surface area contributed by atoms with Gasteiger partial charge in [-0.05, 0) is 5.56 Å². The average Bonchev–Trinajstić information content (AvgIpc) is 2.79. The molecule has 176 valence electrons. The Balaban J connectivity index is 1.69. The molecule has 0 aromatic heterocycles. The Labute approximate surface area is 178 Å². The van der Waals surface area contributed by atoms with Crippen LogP contribution in [0.4, 0.5) is 0 Å². The fourth-order valence-electron chi connectivity index (χ4n) is 3.89. The van der Waals surface area contributed by atoms with Crippen LogP contribution >= 0.6 is 0 Å². The molecule has 2 heterocycles. The molecule has 2 fully saturated rings. The zero-order valence-corrected chi connectivity index (χ0v) is 16.7. The fourth-order valence-corrected chi connectivity index (χ4v) is 3.89. The van der Waals surface area contributed by atoms with E-state index in [0.717, 1.165) is 0 Å². The standard InChI is InChI=1S/C20H30O11/c21-7-12-15(25)16(26)18(28)20(30-12)31-19-13(8-22)29-11(14(24)17(19)27)6-10(23)9-4-2-1-3-5-9/h1-5,10-28H,6-8H2/t10?,11?,12-,13-,14+,15+,16+,17-,18-,19-,20+/m1/s1. The maximum atomic E-state index is 10.6. The molecule has 0 spiro atoms. The van der Waals surface area contributed by atoms with Gasteiger partial charge in [0.05, 0.1) is 25.4 Å². The van der Waals surface area contributed by atoms with Gasteiger partial charge in [-0.15, -0.1) is 0 Å². The molecule has 3 rings (SSSR count). The molecule has 1 aromatic carbocycles. The topological polar surface area (TPSA) is 190 Å². The second kappa shape index (κ2) is 10.6. The quantitative estimate of drug-likeness (QED) is 0.210. The Hall–Kier alpha value is -1.22. The van der Waals surface area contributed by atoms with Crippen molar-refractivity contribution in [2.45, 2.75) is 73.8 Å². The molecule has 0 aliphatic carbocycles. The van der Waals surface area contributed by atoms with E-state index in [1.165, 1.54) is 0 Å². The van der Waals surface area contributed by atoms with E-state index in [0.29, 0.717) is 5.56 Å². The monoisotopic (exact) mass is 446 g/mol. The largest absolute Gasteiger partial charge is 0.394 e. The van der Waals surface area contributed by atoms with Crippen molar-refractivity contribution in [1.82, 2.24) is 0 Å². The van der Waals surface area contributed by atoms with Crippen molar-refractivity contribution in [3.05, 3.63) is 35.9 Å². The van der Waals surface area contributed by atoms with Gasteiger partial charge >= 0.3 is 0 Å². The fraction of sp³-hybridized carbons (Fsp3) is 0.700. The summed E-state index contributed by atoms with van der Waals surface area (Å²) in [7, 11) is 0. The predicted molar refractivity (Wildman–Crippen MR) is 102 cm³/mol. The number of aliphatic hydroxyl groups excluding tert-OH is 8. The minimum Gasteiger partial charge on any atom is -0.394 e. The minimum atomic E-state index is -1.72. The zero-order chi connectivity index (χ0) is 22.7. The van der Waals surface area contributed by atoms with Crippen LogP contribution in [0.1, 0.15) is 18.1 Å². The van der Waals surface area contributed by atoms with Gasteiger partial charge < -0.3 is 55.1 Å². The van der Waals surface area contributed by atoms with Crippen molar-refractivity contribution < 1.29 is 55.1 Å². The van der Waals surface area contributed by atoms with E-state index in [2.05, 4.69) is 0 Å². The summed E-state index contributed by atoms with van der Waals surface area (Å²) in [5.74, 6) is 0. The van der Waals surface area contributed by atoms with Crippen molar-refractivity contribution in [3.63, 3.8) is 0 Å². The van der Waals surface area contributed by atoms with Crippen LogP contribution in [-0.4, -0.2) is 115 Å². The number of ether oxygens (including phenoxy) is 3. The van der Waals surface area contributed by atoms with Gasteiger partial charge in [-0.3, -0.25) is 0 Å². The van der Waals surface area contributed by atoms with Crippen LogP contribution in [0.15, 0.2) is 30.3 Å². The highest BCUT2D eigenvalue weighted by atomic mass is 16.7. The number of hydrogen-bond donors (Lipinski definition) is 8. The van der Waals surface area contributed by atoms with Crippen molar-refractivity contribution in [3.8, 4) is 0 Å². The van der Waals surface area contributed by atoms with Crippen LogP contribution in [0, 0.1) is 0 Å². The lowest BCUT2D eigenvalue weighted by Crippen LogP contribution is -2.64. The highest BCUT2D eigenvalue weighted by Gasteiger charge is 2.50. The molecule has 0 amide bonds. The van der Waals surface area contributed by atoms with Crippen LogP contribution < -0.4 is 0 Å². The number of benzene rings is 1. The molecule has 2 aliphatic rings. The summed E-state index contributed by atoms with van der Waals surface area (Å²) in [4.78, 5) is 0. The molecule has 11 atom stereocenters. The Morgan fingerprint density at radius 2 is 1.35 bits per heavy atom. The Morgan fingerprint density at radius 1 is 0.742 bits per heavy atom. The first-order chi connectivity index (χ1) is 14.8. The molecular formula is C20H30O11. The van der Waals surface area contributed by atoms with Gasteiger partial charge in [-0.25, -0.2) is 0 Å². The summed E-state index contributed by atoms with van der Waals surface area (Å²) in [6.07, 6.45) is -15.5. The number of hydrogen-bond acceptors (Lipinski definition) is 11. The third-order valence-electron chi connectivity index (χ3n) is 5.74. The van der Waals surface area contributed by atoms with Gasteiger partial charge in [0.1, 0.15) is 48.8 Å². The summed E-state index contributed by atoms with van der Waals surface area (Å²) in [5, 5.41) is 80.4. The maximum Gasteiger partial charge on any atom is 0.187 e. The first kappa shape index (κ1) is 24.4. The van der Waals surface area contributed by atoms with Crippen molar-refractivity contribution in [1.29, 1.82) is 0 Å². The molecule has 11 heteroatoms. The third-order valence-corrected chi connectivity index (χ3v) is 5.74. The van der Waals surface area contributed by atoms with E-state index < -0.39 is 80.5 Å². The molecule has 2 aliphatic heterocycles. The lowest BCUT2D eigenvalue weighted by molar-refractivity contribution is -0.342. The Morgan fingerprint density at radius 3 is 1.97 bits per heavy atom. The normalized spacial score (nSPS) is 42.3. The molecule has 8 N–H and O–H groups in total. The molecule has 31 heavy (non-hydrogen) atoms. The van der Waals surface area contributed by atoms with E-state index in [9.17, 15) is 40.9 Å². The van der Waals surface area contributed by atoms with Gasteiger partial charge in [0.25, 0.3) is 0 Å². The molecule has 0 radical (unpaired) electrons. The molecule has 11 nitrogen and oxygen atoms in total. The Kier molecular flexibility index (Phi) is 8.35. The average molecular weight is 446 g/mol. The van der Waals surface area contributed by atoms with E-state index in [1.807, 2.05) is 0 Å². The highest BCUT2D eigenvalue weighted by Crippen LogP contribution is 2.32. The van der Waals surface area contributed by atoms with E-state index in [-0.39, 0.29) is 6.42 Å². The van der Waals surface area contributed by atoms with Crippen LogP contribution in [0.25, 0.3) is 0 Å². The first-order valence-electron chi connectivity index (χ1n) is 10.1. The third kappa shape index (κ3) is 5.24. The highest BCUT2D eigenvalue weighted by molar-refractivity contribution is 5.17. The first-order valence-corrected chi connectivity index (χ1v) is 10.1. The molecule has 0 saturated carbocycles. The van der Waals surface area contributed by atoms with Crippen LogP contribution in [0.5, 0.6) is 0 Å². The molecular weight excluding hydrogens is 416 g/mol. The van der Waals surface area contributed by atoms with Crippen LogP contribution in [0.3, 0.4) is 0 Å². The van der Waals surface area contributed by atoms with Gasteiger partial charge in [-0.1, -0.05) is 30.3 Å². The van der Waals surface area contributed by atoms with Crippen molar-refractivity contribution in [2.75, 3.05) is 13.2 Å². The van der Waals surface area contributed by atoms with Crippen molar-refractivity contribution >= 4 is 0 Å². The second-order valence-corrected chi connectivity index (χ2v) is 7.84. The summed E-state index contributed by atoms with van der Waals surface area (Å²) < 4.78 is 16.4. The molecule has 1 aromatic rings. The van der Waals surface area contributed by atoms with E-state index in [4.69, 9.17) is 14.2 Å². The maximum absolute atomic E-state index is 10.6. The van der Waals surface area contributed by atoms with Crippen molar-refractivity contribution in [2.24, 2.45) is 0 Å². The summed E-state index contributed by atoms with van der Waals surface area (Å²) in [5.41, 5.74) is 0.591. The Bertz CT molecular complexity index is 672. The van der Waals surface area contributed by atoms with E-state index in [1.54, 1.807) is 30.3 Å². The molecule has 2 unspecified atom stereocenters. The lowest BCUT2D eigenvalue weighted by atomic mass is 9.90.